The van der Waals surface area contributed by atoms with E-state index >= 15 is 0 Å². The molecule has 0 aliphatic rings. The van der Waals surface area contributed by atoms with Crippen LogP contribution in [0, 0.1) is 6.92 Å². The number of benzene rings is 1. The lowest BCUT2D eigenvalue weighted by atomic mass is 10.1. The molecule has 0 amide bonds. The largest absolute Gasteiger partial charge is 0.459 e. The summed E-state index contributed by atoms with van der Waals surface area (Å²) in [6.07, 6.45) is -0.108. The molecule has 3 nitrogen and oxygen atoms in total. The van der Waals surface area contributed by atoms with E-state index in [0.29, 0.717) is 11.3 Å². The lowest BCUT2D eigenvalue weighted by Gasteiger charge is -2.10. The molecular formula is C11H15NO2. The van der Waals surface area contributed by atoms with Crippen molar-refractivity contribution < 1.29 is 9.53 Å². The smallest absolute Gasteiger partial charge is 0.338 e. The van der Waals surface area contributed by atoms with Crippen LogP contribution in [0.3, 0.4) is 0 Å². The molecule has 0 heterocycles. The topological polar surface area (TPSA) is 52.3 Å². The molecule has 0 atom stereocenters. The van der Waals surface area contributed by atoms with Crippen LogP contribution in [0.15, 0.2) is 18.2 Å². The molecule has 0 saturated carbocycles. The molecule has 0 radical (unpaired) electrons. The van der Waals surface area contributed by atoms with Gasteiger partial charge in [-0.05, 0) is 38.5 Å². The van der Waals surface area contributed by atoms with Crippen LogP contribution in [0.2, 0.25) is 0 Å². The van der Waals surface area contributed by atoms with Crippen LogP contribution in [0.25, 0.3) is 0 Å². The van der Waals surface area contributed by atoms with Gasteiger partial charge in [0.05, 0.1) is 11.7 Å². The van der Waals surface area contributed by atoms with Gasteiger partial charge in [0.2, 0.25) is 0 Å². The van der Waals surface area contributed by atoms with Gasteiger partial charge in [-0.25, -0.2) is 4.79 Å². The first-order chi connectivity index (χ1) is 6.52. The molecule has 3 heteroatoms. The molecule has 0 saturated heterocycles. The van der Waals surface area contributed by atoms with Crippen molar-refractivity contribution in [3.63, 3.8) is 0 Å². The number of nitrogens with two attached hydrogens (primary N) is 1. The van der Waals surface area contributed by atoms with Crippen molar-refractivity contribution >= 4 is 11.7 Å². The Morgan fingerprint density at radius 3 is 2.64 bits per heavy atom. The Hall–Kier alpha value is -1.51. The molecule has 0 aliphatic heterocycles. The summed E-state index contributed by atoms with van der Waals surface area (Å²) in [6, 6.07) is 5.23. The molecule has 14 heavy (non-hydrogen) atoms. The number of rotatable bonds is 2. The van der Waals surface area contributed by atoms with Gasteiger partial charge in [0.15, 0.2) is 0 Å². The zero-order valence-electron chi connectivity index (χ0n) is 8.70. The van der Waals surface area contributed by atoms with E-state index in [1.165, 1.54) is 0 Å². The van der Waals surface area contributed by atoms with Crippen molar-refractivity contribution in [3.05, 3.63) is 29.3 Å². The van der Waals surface area contributed by atoms with Crippen molar-refractivity contribution in [3.8, 4) is 0 Å². The first-order valence-corrected chi connectivity index (χ1v) is 4.58. The molecule has 0 bridgehead atoms. The quantitative estimate of drug-likeness (QED) is 0.578. The van der Waals surface area contributed by atoms with E-state index in [2.05, 4.69) is 0 Å². The van der Waals surface area contributed by atoms with Gasteiger partial charge >= 0.3 is 5.97 Å². The van der Waals surface area contributed by atoms with E-state index in [0.717, 1.165) is 5.56 Å². The van der Waals surface area contributed by atoms with Crippen molar-refractivity contribution in [1.29, 1.82) is 0 Å². The molecule has 2 N–H and O–H groups in total. The second-order valence-corrected chi connectivity index (χ2v) is 3.47. The summed E-state index contributed by atoms with van der Waals surface area (Å²) in [7, 11) is 0. The maximum Gasteiger partial charge on any atom is 0.338 e. The fourth-order valence-corrected chi connectivity index (χ4v) is 1.15. The number of hydrogen-bond acceptors (Lipinski definition) is 3. The SMILES string of the molecule is Cc1c(N)cccc1C(=O)OC(C)C. The van der Waals surface area contributed by atoms with Gasteiger partial charge in [0.1, 0.15) is 0 Å². The van der Waals surface area contributed by atoms with Crippen LogP contribution >= 0.6 is 0 Å². The van der Waals surface area contributed by atoms with Gasteiger partial charge in [-0.2, -0.15) is 0 Å². The number of carbonyl (C=O) groups is 1. The van der Waals surface area contributed by atoms with Crippen LogP contribution in [-0.4, -0.2) is 12.1 Å². The molecule has 1 rings (SSSR count). The highest BCUT2D eigenvalue weighted by Crippen LogP contribution is 2.16. The third-order valence-electron chi connectivity index (χ3n) is 1.94. The van der Waals surface area contributed by atoms with E-state index in [1.807, 2.05) is 20.8 Å². The first kappa shape index (κ1) is 10.6. The Bertz CT molecular complexity index is 345. The van der Waals surface area contributed by atoms with Crippen LogP contribution in [0.4, 0.5) is 5.69 Å². The highest BCUT2D eigenvalue weighted by molar-refractivity contribution is 5.92. The normalized spacial score (nSPS) is 10.3. The number of esters is 1. The van der Waals surface area contributed by atoms with Gasteiger partial charge in [-0.3, -0.25) is 0 Å². The lowest BCUT2D eigenvalue weighted by Crippen LogP contribution is -2.13. The minimum absolute atomic E-state index is 0.108. The van der Waals surface area contributed by atoms with E-state index < -0.39 is 0 Å². The highest BCUT2D eigenvalue weighted by atomic mass is 16.5. The van der Waals surface area contributed by atoms with Crippen LogP contribution in [0.5, 0.6) is 0 Å². The molecule has 0 unspecified atom stereocenters. The predicted molar refractivity (Wildman–Crippen MR) is 56.1 cm³/mol. The van der Waals surface area contributed by atoms with E-state index in [4.69, 9.17) is 10.5 Å². The zero-order chi connectivity index (χ0) is 10.7. The summed E-state index contributed by atoms with van der Waals surface area (Å²) in [4.78, 5) is 11.6. The third kappa shape index (κ3) is 2.25. The number of nitrogen functional groups attached to an aromatic ring is 1. The molecule has 0 aromatic heterocycles. The highest BCUT2D eigenvalue weighted by Gasteiger charge is 2.12. The van der Waals surface area contributed by atoms with Gasteiger partial charge in [-0.15, -0.1) is 0 Å². The fraction of sp³-hybridized carbons (Fsp3) is 0.364. The molecule has 0 aliphatic carbocycles. The number of anilines is 1. The molecule has 1 aromatic rings. The summed E-state index contributed by atoms with van der Waals surface area (Å²) >= 11 is 0. The van der Waals surface area contributed by atoms with Gasteiger partial charge in [0, 0.05) is 5.69 Å². The molecular weight excluding hydrogens is 178 g/mol. The van der Waals surface area contributed by atoms with Crippen LogP contribution in [-0.2, 0) is 4.74 Å². The fourth-order valence-electron chi connectivity index (χ4n) is 1.15. The van der Waals surface area contributed by atoms with Gasteiger partial charge < -0.3 is 10.5 Å². The van der Waals surface area contributed by atoms with Crippen LogP contribution < -0.4 is 5.73 Å². The second-order valence-electron chi connectivity index (χ2n) is 3.47. The maximum atomic E-state index is 11.6. The monoisotopic (exact) mass is 193 g/mol. The van der Waals surface area contributed by atoms with Crippen LogP contribution in [0.1, 0.15) is 29.8 Å². The molecule has 0 spiro atoms. The Morgan fingerprint density at radius 2 is 2.07 bits per heavy atom. The maximum absolute atomic E-state index is 11.6. The summed E-state index contributed by atoms with van der Waals surface area (Å²) in [5, 5.41) is 0. The van der Waals surface area contributed by atoms with Crippen molar-refractivity contribution in [2.45, 2.75) is 26.9 Å². The van der Waals surface area contributed by atoms with Crippen molar-refractivity contribution in [2.24, 2.45) is 0 Å². The Balaban J connectivity index is 2.96. The second kappa shape index (κ2) is 4.13. The first-order valence-electron chi connectivity index (χ1n) is 4.58. The summed E-state index contributed by atoms with van der Waals surface area (Å²) in [6.45, 7) is 5.45. The Kier molecular flexibility index (Phi) is 3.12. The average Bonchev–Trinajstić information content (AvgIpc) is 2.08. The molecule has 76 valence electrons. The van der Waals surface area contributed by atoms with E-state index in [-0.39, 0.29) is 12.1 Å². The van der Waals surface area contributed by atoms with E-state index in [1.54, 1.807) is 18.2 Å². The number of carbonyl (C=O) groups excluding carboxylic acids is 1. The Morgan fingerprint density at radius 1 is 1.43 bits per heavy atom. The Labute approximate surface area is 83.9 Å². The van der Waals surface area contributed by atoms with Crippen molar-refractivity contribution in [1.82, 2.24) is 0 Å². The molecule has 0 fully saturated rings. The predicted octanol–water partition coefficient (Wildman–Crippen LogP) is 2.14. The third-order valence-corrected chi connectivity index (χ3v) is 1.94. The van der Waals surface area contributed by atoms with Crippen molar-refractivity contribution in [2.75, 3.05) is 5.73 Å². The minimum Gasteiger partial charge on any atom is -0.459 e. The number of ether oxygens (including phenoxy) is 1. The lowest BCUT2D eigenvalue weighted by molar-refractivity contribution is 0.0377. The summed E-state index contributed by atoms with van der Waals surface area (Å²) in [5.41, 5.74) is 7.61. The minimum atomic E-state index is -0.315. The standard InChI is InChI=1S/C11H15NO2/c1-7(2)14-11(13)9-5-4-6-10(12)8(9)3/h4-7H,12H2,1-3H3. The summed E-state index contributed by atoms with van der Waals surface area (Å²) < 4.78 is 5.08. The number of hydrogen-bond donors (Lipinski definition) is 1. The van der Waals surface area contributed by atoms with Gasteiger partial charge in [-0.1, -0.05) is 6.07 Å². The van der Waals surface area contributed by atoms with E-state index in [9.17, 15) is 4.79 Å². The van der Waals surface area contributed by atoms with Gasteiger partial charge in [0.25, 0.3) is 0 Å². The average molecular weight is 193 g/mol. The summed E-state index contributed by atoms with van der Waals surface area (Å²) in [5.74, 6) is -0.315. The zero-order valence-corrected chi connectivity index (χ0v) is 8.70. The molecule has 1 aromatic carbocycles.